The molecule has 2 rings (SSSR count). The highest BCUT2D eigenvalue weighted by Gasteiger charge is 2.17. The van der Waals surface area contributed by atoms with E-state index in [4.69, 9.17) is 14.4 Å². The Bertz CT molecular complexity index is 896. The summed E-state index contributed by atoms with van der Waals surface area (Å²) in [6, 6.07) is 8.90. The largest absolute Gasteiger partial charge is 0.496 e. The van der Waals surface area contributed by atoms with E-state index in [0.717, 1.165) is 29.1 Å². The second kappa shape index (κ2) is 8.78. The molecular formula is C20H26NO6P. The molecule has 0 aliphatic rings. The zero-order valence-corrected chi connectivity index (χ0v) is 17.8. The first-order valence-corrected chi connectivity index (χ1v) is 10.8. The normalized spacial score (nSPS) is 13.1. The van der Waals surface area contributed by atoms with Crippen LogP contribution in [0.15, 0.2) is 30.3 Å². The molecule has 7 nitrogen and oxygen atoms in total. The maximum absolute atomic E-state index is 12.1. The van der Waals surface area contributed by atoms with Gasteiger partial charge in [-0.1, -0.05) is 13.8 Å². The Balaban J connectivity index is 2.27. The van der Waals surface area contributed by atoms with Gasteiger partial charge in [0.05, 0.1) is 7.11 Å². The molecule has 0 spiro atoms. The monoisotopic (exact) mass is 407 g/mol. The first kappa shape index (κ1) is 22.0. The number of hydroxylamine groups is 1. The van der Waals surface area contributed by atoms with E-state index in [-0.39, 0.29) is 5.92 Å². The fourth-order valence-electron chi connectivity index (χ4n) is 2.77. The van der Waals surface area contributed by atoms with E-state index in [1.54, 1.807) is 19.2 Å². The number of hydrogen-bond donors (Lipinski definition) is 2. The maximum atomic E-state index is 12.1. The lowest BCUT2D eigenvalue weighted by atomic mass is 10.0. The summed E-state index contributed by atoms with van der Waals surface area (Å²) in [5.41, 5.74) is 4.82. The van der Waals surface area contributed by atoms with Crippen molar-refractivity contribution in [1.82, 2.24) is 5.48 Å². The number of nitrogens with one attached hydrogen (secondary N) is 1. The van der Waals surface area contributed by atoms with Gasteiger partial charge < -0.3 is 14.4 Å². The van der Waals surface area contributed by atoms with Crippen LogP contribution in [0.1, 0.15) is 46.8 Å². The van der Waals surface area contributed by atoms with Crippen LogP contribution in [0.5, 0.6) is 17.2 Å². The molecule has 0 bridgehead atoms. The van der Waals surface area contributed by atoms with Crippen LogP contribution in [0.4, 0.5) is 0 Å². The Kier molecular flexibility index (Phi) is 6.88. The number of aryl methyl sites for hydroxylation is 2. The summed E-state index contributed by atoms with van der Waals surface area (Å²) in [4.78, 5) is 21.3. The van der Waals surface area contributed by atoms with Crippen molar-refractivity contribution in [1.29, 1.82) is 0 Å². The Hall–Kier alpha value is -2.34. The van der Waals surface area contributed by atoms with Crippen LogP contribution in [0.3, 0.4) is 0 Å². The highest BCUT2D eigenvalue weighted by molar-refractivity contribution is 7.51. The standard InChI is InChI=1S/C20H26NO6P/c1-12(2)17-11-16(7-8-18(17)25-5)26-19-13(3)9-15(10-14(19)4)20(22)21-27-28(6,23)24/h7-12H,1-6H3,(H,21,22)(H,23,24). The van der Waals surface area contributed by atoms with E-state index in [0.29, 0.717) is 17.1 Å². The summed E-state index contributed by atoms with van der Waals surface area (Å²) < 4.78 is 27.1. The smallest absolute Gasteiger partial charge is 0.346 e. The van der Waals surface area contributed by atoms with Gasteiger partial charge in [-0.2, -0.15) is 4.62 Å². The van der Waals surface area contributed by atoms with Crippen molar-refractivity contribution in [3.63, 3.8) is 0 Å². The maximum Gasteiger partial charge on any atom is 0.346 e. The van der Waals surface area contributed by atoms with Gasteiger partial charge in [-0.05, 0) is 61.2 Å². The second-order valence-electron chi connectivity index (χ2n) is 6.93. The van der Waals surface area contributed by atoms with Crippen molar-refractivity contribution in [3.8, 4) is 17.2 Å². The molecule has 8 heteroatoms. The quantitative estimate of drug-likeness (QED) is 0.510. The fraction of sp³-hybridized carbons (Fsp3) is 0.350. The zero-order valence-electron chi connectivity index (χ0n) is 16.9. The van der Waals surface area contributed by atoms with Gasteiger partial charge in [0.2, 0.25) is 0 Å². The molecule has 1 amide bonds. The lowest BCUT2D eigenvalue weighted by Gasteiger charge is -2.17. The summed E-state index contributed by atoms with van der Waals surface area (Å²) in [7, 11) is -2.17. The van der Waals surface area contributed by atoms with Crippen molar-refractivity contribution >= 4 is 13.5 Å². The van der Waals surface area contributed by atoms with Crippen LogP contribution in [0.25, 0.3) is 0 Å². The molecule has 2 aromatic carbocycles. The minimum absolute atomic E-state index is 0.271. The van der Waals surface area contributed by atoms with Gasteiger partial charge in [-0.3, -0.25) is 9.36 Å². The molecule has 28 heavy (non-hydrogen) atoms. The molecule has 2 N–H and O–H groups in total. The SMILES string of the molecule is COc1ccc(Oc2c(C)cc(C(=O)NOP(C)(=O)O)cc2C)cc1C(C)C. The number of carbonyl (C=O) groups excluding carboxylic acids is 1. The van der Waals surface area contributed by atoms with Gasteiger partial charge in [0.25, 0.3) is 5.91 Å². The summed E-state index contributed by atoms with van der Waals surface area (Å²) in [6.07, 6.45) is 0. The van der Waals surface area contributed by atoms with Gasteiger partial charge in [0, 0.05) is 17.8 Å². The highest BCUT2D eigenvalue weighted by Crippen LogP contribution is 2.36. The molecule has 0 saturated carbocycles. The third-order valence-electron chi connectivity index (χ3n) is 4.07. The Morgan fingerprint density at radius 3 is 2.25 bits per heavy atom. The lowest BCUT2D eigenvalue weighted by Crippen LogP contribution is -2.22. The van der Waals surface area contributed by atoms with Crippen LogP contribution in [0.2, 0.25) is 0 Å². The molecule has 0 aromatic heterocycles. The number of rotatable bonds is 7. The minimum atomic E-state index is -3.81. The van der Waals surface area contributed by atoms with E-state index in [9.17, 15) is 9.36 Å². The molecule has 1 atom stereocenters. The number of methoxy groups -OCH3 is 1. The fourth-order valence-corrected chi connectivity index (χ4v) is 3.02. The van der Waals surface area contributed by atoms with E-state index < -0.39 is 13.5 Å². The van der Waals surface area contributed by atoms with Crippen molar-refractivity contribution in [2.45, 2.75) is 33.6 Å². The number of ether oxygens (including phenoxy) is 2. The molecule has 152 valence electrons. The van der Waals surface area contributed by atoms with Crippen molar-refractivity contribution in [3.05, 3.63) is 52.6 Å². The molecule has 0 aliphatic carbocycles. The van der Waals surface area contributed by atoms with Crippen molar-refractivity contribution < 1.29 is 28.4 Å². The first-order valence-electron chi connectivity index (χ1n) is 8.78. The predicted octanol–water partition coefficient (Wildman–Crippen LogP) is 4.70. The van der Waals surface area contributed by atoms with E-state index in [2.05, 4.69) is 18.5 Å². The summed E-state index contributed by atoms with van der Waals surface area (Å²) >= 11 is 0. The lowest BCUT2D eigenvalue weighted by molar-refractivity contribution is 0.0734. The summed E-state index contributed by atoms with van der Waals surface area (Å²) in [5, 5.41) is 0. The molecule has 0 fully saturated rings. The van der Waals surface area contributed by atoms with Gasteiger partial charge in [-0.15, -0.1) is 0 Å². The van der Waals surface area contributed by atoms with Crippen LogP contribution >= 0.6 is 7.60 Å². The van der Waals surface area contributed by atoms with E-state index in [1.165, 1.54) is 0 Å². The molecule has 2 aromatic rings. The van der Waals surface area contributed by atoms with Crippen LogP contribution in [-0.4, -0.2) is 24.6 Å². The molecule has 0 heterocycles. The topological polar surface area (TPSA) is 94.1 Å². The molecular weight excluding hydrogens is 381 g/mol. The summed E-state index contributed by atoms with van der Waals surface area (Å²) in [6.45, 7) is 8.79. The second-order valence-corrected chi connectivity index (χ2v) is 8.71. The van der Waals surface area contributed by atoms with Crippen LogP contribution in [-0.2, 0) is 9.19 Å². The third kappa shape index (κ3) is 5.58. The zero-order chi connectivity index (χ0) is 21.1. The molecule has 1 unspecified atom stereocenters. The first-order chi connectivity index (χ1) is 13.0. The third-order valence-corrected chi connectivity index (χ3v) is 4.50. The Labute approximate surface area is 165 Å². The van der Waals surface area contributed by atoms with E-state index >= 15 is 0 Å². The van der Waals surface area contributed by atoms with Crippen molar-refractivity contribution in [2.75, 3.05) is 13.8 Å². The molecule has 0 aliphatic heterocycles. The number of amides is 1. The average Bonchev–Trinajstić information content (AvgIpc) is 2.61. The van der Waals surface area contributed by atoms with Crippen LogP contribution < -0.4 is 15.0 Å². The number of carbonyl (C=O) groups is 1. The van der Waals surface area contributed by atoms with Gasteiger partial charge in [0.1, 0.15) is 17.2 Å². The molecule has 0 radical (unpaired) electrons. The van der Waals surface area contributed by atoms with Gasteiger partial charge in [-0.25, -0.2) is 5.48 Å². The number of hydrogen-bond acceptors (Lipinski definition) is 5. The minimum Gasteiger partial charge on any atom is -0.496 e. The van der Waals surface area contributed by atoms with Crippen LogP contribution in [0, 0.1) is 13.8 Å². The van der Waals surface area contributed by atoms with Gasteiger partial charge >= 0.3 is 7.60 Å². The Morgan fingerprint density at radius 2 is 1.75 bits per heavy atom. The van der Waals surface area contributed by atoms with E-state index in [1.807, 2.05) is 37.5 Å². The summed E-state index contributed by atoms with van der Waals surface area (Å²) in [5.74, 6) is 1.78. The number of benzene rings is 2. The van der Waals surface area contributed by atoms with Crippen molar-refractivity contribution in [2.24, 2.45) is 0 Å². The Morgan fingerprint density at radius 1 is 1.14 bits per heavy atom. The average molecular weight is 407 g/mol. The molecule has 0 saturated heterocycles. The predicted molar refractivity (Wildman–Crippen MR) is 107 cm³/mol. The van der Waals surface area contributed by atoms with Gasteiger partial charge in [0.15, 0.2) is 0 Å². The highest BCUT2D eigenvalue weighted by atomic mass is 31.2.